The predicted octanol–water partition coefficient (Wildman–Crippen LogP) is -0.244. The number of aromatic nitrogens is 5. The fourth-order valence-corrected chi connectivity index (χ4v) is 4.02. The molecule has 0 aliphatic carbocycles. The van der Waals surface area contributed by atoms with Crippen LogP contribution in [0.4, 0.5) is 0 Å². The summed E-state index contributed by atoms with van der Waals surface area (Å²) in [5.74, 6) is 0.315. The predicted molar refractivity (Wildman–Crippen MR) is 102 cm³/mol. The van der Waals surface area contributed by atoms with Crippen LogP contribution in [0.1, 0.15) is 35.2 Å². The fourth-order valence-electron chi connectivity index (χ4n) is 4.02. The normalized spacial score (nSPS) is 20.2. The Morgan fingerprint density at radius 3 is 2.66 bits per heavy atom. The van der Waals surface area contributed by atoms with Gasteiger partial charge in [0, 0.05) is 38.6 Å². The Hall–Kier alpha value is -2.88. The molecule has 2 aromatic heterocycles. The number of piperidine rings is 1. The molecule has 2 aliphatic rings. The first kappa shape index (κ1) is 19.4. The maximum absolute atomic E-state index is 12.7. The summed E-state index contributed by atoms with van der Waals surface area (Å²) in [6.45, 7) is 2.70. The van der Waals surface area contributed by atoms with Crippen molar-refractivity contribution in [3.63, 3.8) is 0 Å². The Morgan fingerprint density at radius 1 is 1.10 bits per heavy atom. The SMILES string of the molecule is O=C(Cn1cnnn1)N1CCC(Cc2cncc(C(=O)N3CCC(O)CC3)c2)C1. The van der Waals surface area contributed by atoms with Crippen molar-refractivity contribution in [3.05, 3.63) is 35.9 Å². The summed E-state index contributed by atoms with van der Waals surface area (Å²) in [6, 6.07) is 1.91. The van der Waals surface area contributed by atoms with E-state index in [0.717, 1.165) is 18.4 Å². The Morgan fingerprint density at radius 2 is 1.90 bits per heavy atom. The largest absolute Gasteiger partial charge is 0.393 e. The topological polar surface area (TPSA) is 117 Å². The van der Waals surface area contributed by atoms with Crippen LogP contribution in [0.25, 0.3) is 0 Å². The first-order chi connectivity index (χ1) is 14.1. The molecule has 2 aromatic rings. The van der Waals surface area contributed by atoms with Crippen molar-refractivity contribution in [1.82, 2.24) is 35.0 Å². The molecule has 154 valence electrons. The second kappa shape index (κ2) is 8.64. The van der Waals surface area contributed by atoms with E-state index in [9.17, 15) is 14.7 Å². The molecule has 2 amide bonds. The van der Waals surface area contributed by atoms with Gasteiger partial charge in [0.1, 0.15) is 12.9 Å². The van der Waals surface area contributed by atoms with Crippen LogP contribution < -0.4 is 0 Å². The van der Waals surface area contributed by atoms with Crippen molar-refractivity contribution in [2.45, 2.75) is 38.3 Å². The minimum atomic E-state index is -0.308. The number of rotatable bonds is 5. The number of tetrazole rings is 1. The third-order valence-electron chi connectivity index (χ3n) is 5.65. The zero-order valence-corrected chi connectivity index (χ0v) is 16.2. The molecule has 1 atom stereocenters. The van der Waals surface area contributed by atoms with E-state index < -0.39 is 0 Å². The second-order valence-electron chi connectivity index (χ2n) is 7.81. The van der Waals surface area contributed by atoms with E-state index in [4.69, 9.17) is 0 Å². The van der Waals surface area contributed by atoms with Gasteiger partial charge in [-0.2, -0.15) is 0 Å². The van der Waals surface area contributed by atoms with Crippen molar-refractivity contribution in [3.8, 4) is 0 Å². The number of amides is 2. The van der Waals surface area contributed by atoms with Crippen LogP contribution >= 0.6 is 0 Å². The number of nitrogens with zero attached hydrogens (tertiary/aromatic N) is 7. The molecule has 0 aromatic carbocycles. The monoisotopic (exact) mass is 399 g/mol. The van der Waals surface area contributed by atoms with Crippen LogP contribution in [0, 0.1) is 5.92 Å². The number of hydrogen-bond donors (Lipinski definition) is 1. The van der Waals surface area contributed by atoms with Gasteiger partial charge < -0.3 is 14.9 Å². The van der Waals surface area contributed by atoms with Gasteiger partial charge in [-0.3, -0.25) is 14.6 Å². The minimum Gasteiger partial charge on any atom is -0.393 e. The van der Waals surface area contributed by atoms with Gasteiger partial charge in [-0.1, -0.05) is 0 Å². The van der Waals surface area contributed by atoms with Gasteiger partial charge in [0.15, 0.2) is 0 Å². The molecule has 10 nitrogen and oxygen atoms in total. The first-order valence-corrected chi connectivity index (χ1v) is 9.98. The van der Waals surface area contributed by atoms with Crippen LogP contribution in [-0.4, -0.2) is 84.2 Å². The molecule has 4 heterocycles. The molecule has 1 unspecified atom stereocenters. The lowest BCUT2D eigenvalue weighted by atomic mass is 9.98. The molecular weight excluding hydrogens is 374 g/mol. The summed E-state index contributed by atoms with van der Waals surface area (Å²) in [5.41, 5.74) is 1.59. The Bertz CT molecular complexity index is 849. The Balaban J connectivity index is 1.32. The average molecular weight is 399 g/mol. The second-order valence-corrected chi connectivity index (χ2v) is 7.81. The van der Waals surface area contributed by atoms with Gasteiger partial charge >= 0.3 is 0 Å². The summed E-state index contributed by atoms with van der Waals surface area (Å²) >= 11 is 0. The van der Waals surface area contributed by atoms with E-state index in [2.05, 4.69) is 20.5 Å². The number of aliphatic hydroxyl groups is 1. The van der Waals surface area contributed by atoms with E-state index in [1.165, 1.54) is 11.0 Å². The zero-order chi connectivity index (χ0) is 20.2. The van der Waals surface area contributed by atoms with Gasteiger partial charge in [-0.15, -0.1) is 5.10 Å². The summed E-state index contributed by atoms with van der Waals surface area (Å²) < 4.78 is 1.42. The highest BCUT2D eigenvalue weighted by Gasteiger charge is 2.27. The van der Waals surface area contributed by atoms with E-state index in [1.807, 2.05) is 11.0 Å². The first-order valence-electron chi connectivity index (χ1n) is 9.98. The molecule has 0 bridgehead atoms. The number of carbonyl (C=O) groups is 2. The Labute approximate surface area is 168 Å². The standard InChI is InChI=1S/C19H25N7O3/c27-17-2-5-24(6-3-17)19(29)16-8-15(9-20-10-16)7-14-1-4-25(11-14)18(28)12-26-13-21-22-23-26/h8-10,13-14,17,27H,1-7,11-12H2. The quantitative estimate of drug-likeness (QED) is 0.737. The van der Waals surface area contributed by atoms with Crippen molar-refractivity contribution in [2.24, 2.45) is 5.92 Å². The lowest BCUT2D eigenvalue weighted by Gasteiger charge is -2.29. The highest BCUT2D eigenvalue weighted by molar-refractivity contribution is 5.94. The molecule has 4 rings (SSSR count). The summed E-state index contributed by atoms with van der Waals surface area (Å²) in [4.78, 5) is 33.0. The van der Waals surface area contributed by atoms with E-state index in [0.29, 0.717) is 50.5 Å². The Kier molecular flexibility index (Phi) is 5.79. The number of likely N-dealkylation sites (tertiary alicyclic amines) is 2. The van der Waals surface area contributed by atoms with Crippen LogP contribution in [0.2, 0.25) is 0 Å². The van der Waals surface area contributed by atoms with Crippen LogP contribution in [0.5, 0.6) is 0 Å². The lowest BCUT2D eigenvalue weighted by Crippen LogP contribution is -2.40. The maximum Gasteiger partial charge on any atom is 0.255 e. The molecule has 10 heteroatoms. The third kappa shape index (κ3) is 4.76. The van der Waals surface area contributed by atoms with Gasteiger partial charge in [0.2, 0.25) is 5.91 Å². The molecule has 0 radical (unpaired) electrons. The van der Waals surface area contributed by atoms with E-state index >= 15 is 0 Å². The van der Waals surface area contributed by atoms with Crippen LogP contribution in [0.15, 0.2) is 24.8 Å². The number of pyridine rings is 1. The lowest BCUT2D eigenvalue weighted by molar-refractivity contribution is -0.131. The van der Waals surface area contributed by atoms with Gasteiger partial charge in [0.05, 0.1) is 11.7 Å². The van der Waals surface area contributed by atoms with E-state index in [-0.39, 0.29) is 24.5 Å². The minimum absolute atomic E-state index is 0.00846. The van der Waals surface area contributed by atoms with Crippen molar-refractivity contribution in [2.75, 3.05) is 26.2 Å². The molecule has 2 saturated heterocycles. The number of carbonyl (C=O) groups excluding carboxylic acids is 2. The van der Waals surface area contributed by atoms with Crippen LogP contribution in [0.3, 0.4) is 0 Å². The maximum atomic E-state index is 12.7. The zero-order valence-electron chi connectivity index (χ0n) is 16.2. The summed E-state index contributed by atoms with van der Waals surface area (Å²) in [6.07, 6.45) is 7.46. The molecule has 2 fully saturated rings. The van der Waals surface area contributed by atoms with Crippen LogP contribution in [-0.2, 0) is 17.8 Å². The van der Waals surface area contributed by atoms with Crippen molar-refractivity contribution < 1.29 is 14.7 Å². The molecular formula is C19H25N7O3. The fraction of sp³-hybridized carbons (Fsp3) is 0.579. The number of hydrogen-bond acceptors (Lipinski definition) is 7. The molecule has 2 aliphatic heterocycles. The van der Waals surface area contributed by atoms with Crippen molar-refractivity contribution >= 4 is 11.8 Å². The molecule has 29 heavy (non-hydrogen) atoms. The summed E-state index contributed by atoms with van der Waals surface area (Å²) in [7, 11) is 0. The molecule has 0 saturated carbocycles. The molecule has 0 spiro atoms. The molecule has 1 N–H and O–H groups in total. The van der Waals surface area contributed by atoms with Gasteiger partial charge in [-0.25, -0.2) is 4.68 Å². The third-order valence-corrected chi connectivity index (χ3v) is 5.65. The average Bonchev–Trinajstić information content (AvgIpc) is 3.40. The van der Waals surface area contributed by atoms with E-state index in [1.54, 1.807) is 17.3 Å². The highest BCUT2D eigenvalue weighted by atomic mass is 16.3. The van der Waals surface area contributed by atoms with Gasteiger partial charge in [0.25, 0.3) is 5.91 Å². The number of aliphatic hydroxyl groups excluding tert-OH is 1. The van der Waals surface area contributed by atoms with Gasteiger partial charge in [-0.05, 0) is 53.7 Å². The van der Waals surface area contributed by atoms with Crippen molar-refractivity contribution in [1.29, 1.82) is 0 Å². The summed E-state index contributed by atoms with van der Waals surface area (Å²) in [5, 5.41) is 20.4. The highest BCUT2D eigenvalue weighted by Crippen LogP contribution is 2.22. The smallest absolute Gasteiger partial charge is 0.255 e.